The van der Waals surface area contributed by atoms with Crippen molar-refractivity contribution in [3.05, 3.63) is 15.8 Å². The van der Waals surface area contributed by atoms with E-state index in [9.17, 15) is 4.79 Å². The molecule has 0 atom stereocenters. The largest absolute Gasteiger partial charge is 0.465 e. The first kappa shape index (κ1) is 8.23. The number of hydrogen-bond donors (Lipinski definition) is 1. The van der Waals surface area contributed by atoms with E-state index < -0.39 is 0 Å². The minimum absolute atomic E-state index is 0.306. The van der Waals surface area contributed by atoms with Gasteiger partial charge in [0.15, 0.2) is 5.69 Å². The summed E-state index contributed by atoms with van der Waals surface area (Å²) < 4.78 is 4.56. The van der Waals surface area contributed by atoms with Crippen LogP contribution >= 0.6 is 11.3 Å². The SMILES string of the molecule is COC(=O)c1csc(C)c1[NH3+]. The van der Waals surface area contributed by atoms with Crippen LogP contribution in [0.15, 0.2) is 5.38 Å². The van der Waals surface area contributed by atoms with Crippen molar-refractivity contribution in [2.45, 2.75) is 6.92 Å². The summed E-state index contributed by atoms with van der Waals surface area (Å²) in [5.74, 6) is -0.306. The van der Waals surface area contributed by atoms with Gasteiger partial charge in [0, 0.05) is 5.38 Å². The Morgan fingerprint density at radius 3 is 2.73 bits per heavy atom. The predicted octanol–water partition coefficient (Wildman–Crippen LogP) is 0.717. The standard InChI is InChI=1S/C7H9NO2S/c1-4-6(8)5(3-11-4)7(9)10-2/h3H,8H2,1-2H3/p+1. The van der Waals surface area contributed by atoms with Crippen molar-refractivity contribution in [1.82, 2.24) is 0 Å². The van der Waals surface area contributed by atoms with E-state index in [-0.39, 0.29) is 5.97 Å². The van der Waals surface area contributed by atoms with Gasteiger partial charge in [-0.05, 0) is 6.92 Å². The Balaban J connectivity index is 3.04. The second-order valence-electron chi connectivity index (χ2n) is 2.18. The molecule has 0 spiro atoms. The molecule has 3 N–H and O–H groups in total. The first-order chi connectivity index (χ1) is 5.16. The van der Waals surface area contributed by atoms with Crippen LogP contribution in [0.5, 0.6) is 0 Å². The van der Waals surface area contributed by atoms with Crippen LogP contribution in [0.3, 0.4) is 0 Å². The molecule has 4 heteroatoms. The van der Waals surface area contributed by atoms with E-state index in [2.05, 4.69) is 10.5 Å². The highest BCUT2D eigenvalue weighted by atomic mass is 32.1. The van der Waals surface area contributed by atoms with Gasteiger partial charge in [-0.25, -0.2) is 4.79 Å². The van der Waals surface area contributed by atoms with Gasteiger partial charge >= 0.3 is 5.97 Å². The number of ether oxygens (including phenoxy) is 1. The molecule has 0 radical (unpaired) electrons. The van der Waals surface area contributed by atoms with E-state index in [4.69, 9.17) is 0 Å². The lowest BCUT2D eigenvalue weighted by Crippen LogP contribution is -2.42. The van der Waals surface area contributed by atoms with Crippen molar-refractivity contribution in [3.8, 4) is 0 Å². The third-order valence-electron chi connectivity index (χ3n) is 1.51. The highest BCUT2D eigenvalue weighted by Gasteiger charge is 2.15. The fraction of sp³-hybridized carbons (Fsp3) is 0.286. The lowest BCUT2D eigenvalue weighted by molar-refractivity contribution is -0.255. The normalized spacial score (nSPS) is 9.73. The van der Waals surface area contributed by atoms with Gasteiger partial charge in [-0.2, -0.15) is 0 Å². The Labute approximate surface area is 68.8 Å². The van der Waals surface area contributed by atoms with Crippen LogP contribution in [0, 0.1) is 6.92 Å². The van der Waals surface area contributed by atoms with Crippen molar-refractivity contribution >= 4 is 23.0 Å². The van der Waals surface area contributed by atoms with Crippen molar-refractivity contribution in [2.75, 3.05) is 7.11 Å². The number of thiophene rings is 1. The molecule has 60 valence electrons. The van der Waals surface area contributed by atoms with E-state index in [1.54, 1.807) is 5.38 Å². The minimum atomic E-state index is -0.306. The molecule has 1 rings (SSSR count). The zero-order chi connectivity index (χ0) is 8.43. The van der Waals surface area contributed by atoms with E-state index in [0.717, 1.165) is 10.6 Å². The quantitative estimate of drug-likeness (QED) is 0.634. The van der Waals surface area contributed by atoms with Crippen LogP contribution in [0.2, 0.25) is 0 Å². The highest BCUT2D eigenvalue weighted by Crippen LogP contribution is 2.22. The number of esters is 1. The highest BCUT2D eigenvalue weighted by molar-refractivity contribution is 7.10. The monoisotopic (exact) mass is 172 g/mol. The molecule has 0 aliphatic carbocycles. The second kappa shape index (κ2) is 3.02. The molecule has 0 unspecified atom stereocenters. The van der Waals surface area contributed by atoms with Crippen LogP contribution in [-0.2, 0) is 4.74 Å². The number of methoxy groups -OCH3 is 1. The van der Waals surface area contributed by atoms with Crippen molar-refractivity contribution in [2.24, 2.45) is 0 Å². The maximum absolute atomic E-state index is 11.0. The number of hydrogen-bond acceptors (Lipinski definition) is 3. The molecule has 0 aromatic carbocycles. The maximum Gasteiger partial charge on any atom is 0.344 e. The number of aryl methyl sites for hydroxylation is 1. The smallest absolute Gasteiger partial charge is 0.344 e. The predicted molar refractivity (Wildman–Crippen MR) is 42.9 cm³/mol. The van der Waals surface area contributed by atoms with Crippen molar-refractivity contribution in [1.29, 1.82) is 0 Å². The topological polar surface area (TPSA) is 53.9 Å². The van der Waals surface area contributed by atoms with Gasteiger partial charge in [0.05, 0.1) is 12.0 Å². The molecule has 0 fully saturated rings. The van der Waals surface area contributed by atoms with Gasteiger partial charge in [0.25, 0.3) is 0 Å². The van der Waals surface area contributed by atoms with Crippen LogP contribution in [0.25, 0.3) is 0 Å². The van der Waals surface area contributed by atoms with Crippen molar-refractivity contribution in [3.63, 3.8) is 0 Å². The molecule has 1 heterocycles. The van der Waals surface area contributed by atoms with E-state index in [1.807, 2.05) is 6.92 Å². The Morgan fingerprint density at radius 1 is 1.73 bits per heavy atom. The Hall–Kier alpha value is -0.870. The molecule has 3 nitrogen and oxygen atoms in total. The number of rotatable bonds is 1. The lowest BCUT2D eigenvalue weighted by atomic mass is 10.2. The average Bonchev–Trinajstić information content (AvgIpc) is 2.32. The molecule has 11 heavy (non-hydrogen) atoms. The van der Waals surface area contributed by atoms with Crippen LogP contribution in [-0.4, -0.2) is 13.1 Å². The van der Waals surface area contributed by atoms with Crippen LogP contribution < -0.4 is 5.73 Å². The molecule has 1 aromatic heterocycles. The summed E-state index contributed by atoms with van der Waals surface area (Å²) in [5, 5.41) is 1.77. The number of carbonyl (C=O) groups is 1. The third-order valence-corrected chi connectivity index (χ3v) is 2.46. The molecule has 0 saturated heterocycles. The zero-order valence-corrected chi connectivity index (χ0v) is 7.33. The van der Waals surface area contributed by atoms with E-state index in [1.165, 1.54) is 18.4 Å². The average molecular weight is 172 g/mol. The molecular formula is C7H10NO2S+. The molecular weight excluding hydrogens is 162 g/mol. The summed E-state index contributed by atoms with van der Waals surface area (Å²) in [5.41, 5.74) is 5.12. The Kier molecular flexibility index (Phi) is 2.26. The summed E-state index contributed by atoms with van der Waals surface area (Å²) in [6.07, 6.45) is 0. The molecule has 0 aliphatic rings. The van der Waals surface area contributed by atoms with Crippen molar-refractivity contribution < 1.29 is 15.3 Å². The zero-order valence-electron chi connectivity index (χ0n) is 6.51. The van der Waals surface area contributed by atoms with Gasteiger partial charge in [-0.15, -0.1) is 11.3 Å². The third kappa shape index (κ3) is 1.41. The maximum atomic E-state index is 11.0. The number of carbonyl (C=O) groups excluding carboxylic acids is 1. The van der Waals surface area contributed by atoms with Crippen LogP contribution in [0.1, 0.15) is 15.2 Å². The van der Waals surface area contributed by atoms with Gasteiger partial charge in [0.2, 0.25) is 0 Å². The first-order valence-corrected chi connectivity index (χ1v) is 4.03. The van der Waals surface area contributed by atoms with Gasteiger partial charge in [-0.1, -0.05) is 0 Å². The van der Waals surface area contributed by atoms with E-state index >= 15 is 0 Å². The minimum Gasteiger partial charge on any atom is -0.465 e. The second-order valence-corrected chi connectivity index (χ2v) is 3.26. The molecule has 0 bridgehead atoms. The molecule has 1 aromatic rings. The lowest BCUT2D eigenvalue weighted by Gasteiger charge is -1.93. The Morgan fingerprint density at radius 2 is 2.36 bits per heavy atom. The summed E-state index contributed by atoms with van der Waals surface area (Å²) in [6, 6.07) is 0. The molecule has 0 aliphatic heterocycles. The number of quaternary nitrogens is 1. The summed E-state index contributed by atoms with van der Waals surface area (Å²) in [4.78, 5) is 12.1. The Bertz CT molecular complexity index is 280. The fourth-order valence-corrected chi connectivity index (χ4v) is 1.55. The molecule has 0 saturated carbocycles. The van der Waals surface area contributed by atoms with Crippen LogP contribution in [0.4, 0.5) is 5.69 Å². The fourth-order valence-electron chi connectivity index (χ4n) is 0.760. The summed E-state index contributed by atoms with van der Waals surface area (Å²) in [7, 11) is 1.37. The van der Waals surface area contributed by atoms with E-state index in [0.29, 0.717) is 5.56 Å². The summed E-state index contributed by atoms with van der Waals surface area (Å²) >= 11 is 1.51. The summed E-state index contributed by atoms with van der Waals surface area (Å²) in [6.45, 7) is 1.93. The van der Waals surface area contributed by atoms with Gasteiger partial charge < -0.3 is 10.5 Å². The first-order valence-electron chi connectivity index (χ1n) is 3.15. The van der Waals surface area contributed by atoms with Gasteiger partial charge in [0.1, 0.15) is 5.56 Å². The van der Waals surface area contributed by atoms with Gasteiger partial charge in [-0.3, -0.25) is 0 Å². The molecule has 0 amide bonds.